The topological polar surface area (TPSA) is 158 Å². The lowest BCUT2D eigenvalue weighted by Gasteiger charge is -2.31. The molecule has 4 aromatic rings. The van der Waals surface area contributed by atoms with Crippen LogP contribution >= 0.6 is 0 Å². The van der Waals surface area contributed by atoms with Gasteiger partial charge in [-0.15, -0.1) is 0 Å². The molecule has 3 aliphatic rings. The Balaban J connectivity index is 0.000000199. The van der Waals surface area contributed by atoms with Crippen LogP contribution < -0.4 is 10.6 Å². The summed E-state index contributed by atoms with van der Waals surface area (Å²) >= 11 is 0. The maximum atomic E-state index is 13.5. The second-order valence-corrected chi connectivity index (χ2v) is 15.3. The second-order valence-electron chi connectivity index (χ2n) is 15.3. The monoisotopic (exact) mass is 799 g/mol. The summed E-state index contributed by atoms with van der Waals surface area (Å²) in [4.78, 5) is 66.4. The van der Waals surface area contributed by atoms with Crippen LogP contribution in [0.3, 0.4) is 0 Å². The molecule has 1 saturated heterocycles. The largest absolute Gasteiger partial charge is 0.453 e. The van der Waals surface area contributed by atoms with Crippen LogP contribution in [-0.2, 0) is 19.1 Å². The summed E-state index contributed by atoms with van der Waals surface area (Å²) in [5, 5.41) is 5.35. The molecule has 4 amide bonds. The van der Waals surface area contributed by atoms with Gasteiger partial charge in [-0.05, 0) is 54.9 Å². The first-order valence-corrected chi connectivity index (χ1v) is 19.9. The molecule has 0 radical (unpaired) electrons. The highest BCUT2D eigenvalue weighted by molar-refractivity contribution is 6.05. The second kappa shape index (κ2) is 19.3. The predicted octanol–water partition coefficient (Wildman–Crippen LogP) is 7.47. The SMILES string of the molecule is COC(=O)N[C@@H](C(=O)N1CCC[C@H]1c1ncc(-c2ccc(C)cc2)[nH]1)c1ccccc1.COC(=O)N[C@H](C(=O)N1CC=C[C@H]1C1=NC=C(c2ccc(C)cc2)C1)C(C)C. The van der Waals surface area contributed by atoms with Gasteiger partial charge in [0.25, 0.3) is 5.91 Å². The van der Waals surface area contributed by atoms with Crippen molar-refractivity contribution in [2.24, 2.45) is 10.9 Å². The number of H-pyrrole nitrogens is 1. The zero-order valence-electron chi connectivity index (χ0n) is 34.5. The predicted molar refractivity (Wildman–Crippen MR) is 227 cm³/mol. The van der Waals surface area contributed by atoms with Crippen LogP contribution in [0.4, 0.5) is 9.59 Å². The summed E-state index contributed by atoms with van der Waals surface area (Å²) in [5.74, 6) is 0.403. The van der Waals surface area contributed by atoms with E-state index in [1.54, 1.807) is 9.80 Å². The van der Waals surface area contributed by atoms with E-state index in [1.807, 2.05) is 68.7 Å². The number of benzene rings is 3. The molecule has 59 heavy (non-hydrogen) atoms. The van der Waals surface area contributed by atoms with E-state index in [1.165, 1.54) is 25.3 Å². The third-order valence-electron chi connectivity index (χ3n) is 10.8. The summed E-state index contributed by atoms with van der Waals surface area (Å²) in [6, 6.07) is 24.0. The van der Waals surface area contributed by atoms with Crippen LogP contribution in [0.25, 0.3) is 16.8 Å². The van der Waals surface area contributed by atoms with Crippen LogP contribution in [-0.4, -0.2) is 88.9 Å². The normalized spacial score (nSPS) is 18.0. The Morgan fingerprint density at radius 1 is 0.814 bits per heavy atom. The number of hydrogen-bond acceptors (Lipinski definition) is 8. The molecule has 13 nitrogen and oxygen atoms in total. The Bertz CT molecular complexity index is 2190. The van der Waals surface area contributed by atoms with Crippen LogP contribution in [0.15, 0.2) is 108 Å². The van der Waals surface area contributed by atoms with Gasteiger partial charge in [0.05, 0.1) is 38.2 Å². The van der Waals surface area contributed by atoms with E-state index >= 15 is 0 Å². The van der Waals surface area contributed by atoms with Crippen molar-refractivity contribution in [3.05, 3.63) is 131 Å². The van der Waals surface area contributed by atoms with E-state index in [-0.39, 0.29) is 29.8 Å². The number of aromatic amines is 1. The Morgan fingerprint density at radius 2 is 1.46 bits per heavy atom. The molecule has 0 saturated carbocycles. The Morgan fingerprint density at radius 3 is 2.10 bits per heavy atom. The lowest BCUT2D eigenvalue weighted by atomic mass is 9.98. The van der Waals surface area contributed by atoms with Gasteiger partial charge < -0.3 is 34.9 Å². The average molecular weight is 800 g/mol. The molecule has 4 heterocycles. The summed E-state index contributed by atoms with van der Waals surface area (Å²) in [6.45, 7) is 9.04. The number of aromatic nitrogens is 2. The number of allylic oxidation sites excluding steroid dienone is 1. The standard InChI is InChI=1S/C24H26N4O3.C22H27N3O3/c1-16-10-12-17(13-11-16)19-15-25-22(26-19)20-9-6-14-28(20)23(29)21(27-24(30)31-2)18-7-4-3-5-8-18;1-14(2)20(24-22(27)28-4)21(26)25-11-5-6-19(25)18-12-17(13-23-18)16-9-7-15(3)8-10-16/h3-5,7-8,10-13,15,20-21H,6,9,14H2,1-2H3,(H,25,26)(H,27,30);5-10,13-14,19-20H,11-12H2,1-4H3,(H,24,27)/t20-,21+;19-,20-/m00/s1. The zero-order chi connectivity index (χ0) is 42.1. The van der Waals surface area contributed by atoms with E-state index in [9.17, 15) is 19.2 Å². The molecule has 4 atom stereocenters. The maximum absolute atomic E-state index is 13.5. The smallest absolute Gasteiger partial charge is 0.407 e. The maximum Gasteiger partial charge on any atom is 0.407 e. The summed E-state index contributed by atoms with van der Waals surface area (Å²) in [5.41, 5.74) is 8.34. The van der Waals surface area contributed by atoms with Gasteiger partial charge in [0.15, 0.2) is 0 Å². The molecular weight excluding hydrogens is 747 g/mol. The third-order valence-corrected chi connectivity index (χ3v) is 10.8. The minimum atomic E-state index is -0.819. The highest BCUT2D eigenvalue weighted by Gasteiger charge is 2.38. The number of likely N-dealkylation sites (tertiary alicyclic amines) is 1. The van der Waals surface area contributed by atoms with Gasteiger partial charge in [-0.1, -0.05) is 116 Å². The number of aryl methyl sites for hydroxylation is 2. The number of nitrogens with zero attached hydrogens (tertiary/aromatic N) is 4. The highest BCUT2D eigenvalue weighted by Crippen LogP contribution is 2.34. The number of aliphatic imine (C=N–C) groups is 1. The zero-order valence-corrected chi connectivity index (χ0v) is 34.5. The fourth-order valence-electron chi connectivity index (χ4n) is 7.47. The van der Waals surface area contributed by atoms with Gasteiger partial charge in [-0.2, -0.15) is 0 Å². The number of rotatable bonds is 10. The van der Waals surface area contributed by atoms with Crippen molar-refractivity contribution >= 4 is 35.3 Å². The number of alkyl carbamates (subject to hydrolysis) is 2. The first-order valence-electron chi connectivity index (χ1n) is 19.9. The summed E-state index contributed by atoms with van der Waals surface area (Å²) < 4.78 is 9.42. The van der Waals surface area contributed by atoms with Gasteiger partial charge in [0.1, 0.15) is 17.9 Å². The molecule has 0 spiro atoms. The minimum absolute atomic E-state index is 0.0559. The molecule has 3 N–H and O–H groups in total. The number of methoxy groups -OCH3 is 2. The molecule has 308 valence electrons. The van der Waals surface area contributed by atoms with Crippen molar-refractivity contribution in [3.8, 4) is 11.3 Å². The van der Waals surface area contributed by atoms with Gasteiger partial charge in [-0.3, -0.25) is 14.6 Å². The molecule has 1 fully saturated rings. The van der Waals surface area contributed by atoms with Crippen molar-refractivity contribution < 1.29 is 28.7 Å². The van der Waals surface area contributed by atoms with Crippen molar-refractivity contribution in [3.63, 3.8) is 0 Å². The van der Waals surface area contributed by atoms with Crippen molar-refractivity contribution in [2.45, 2.75) is 71.1 Å². The van der Waals surface area contributed by atoms with Crippen LogP contribution in [0.1, 0.15) is 73.3 Å². The molecule has 0 unspecified atom stereocenters. The van der Waals surface area contributed by atoms with E-state index in [4.69, 9.17) is 4.74 Å². The first-order chi connectivity index (χ1) is 28.5. The number of ether oxygens (including phenoxy) is 2. The van der Waals surface area contributed by atoms with E-state index in [2.05, 4.69) is 92.7 Å². The van der Waals surface area contributed by atoms with Crippen molar-refractivity contribution in [1.82, 2.24) is 30.4 Å². The average Bonchev–Trinajstić information content (AvgIpc) is 4.09. The lowest BCUT2D eigenvalue weighted by molar-refractivity contribution is -0.135. The van der Waals surface area contributed by atoms with Crippen molar-refractivity contribution in [2.75, 3.05) is 27.3 Å². The Labute approximate surface area is 345 Å². The van der Waals surface area contributed by atoms with Gasteiger partial charge in [0.2, 0.25) is 5.91 Å². The Hall–Kier alpha value is -6.50. The number of carbonyl (C=O) groups is 4. The quantitative estimate of drug-likeness (QED) is 0.140. The van der Waals surface area contributed by atoms with Crippen molar-refractivity contribution in [1.29, 1.82) is 0 Å². The van der Waals surface area contributed by atoms with Crippen LogP contribution in [0, 0.1) is 19.8 Å². The number of carbonyl (C=O) groups excluding carboxylic acids is 4. The third kappa shape index (κ3) is 10.2. The summed E-state index contributed by atoms with van der Waals surface area (Å²) in [6.07, 6.45) is 8.84. The fraction of sp³-hybridized carbons (Fsp3) is 0.348. The minimum Gasteiger partial charge on any atom is -0.453 e. The van der Waals surface area contributed by atoms with E-state index in [0.717, 1.165) is 46.8 Å². The van der Waals surface area contributed by atoms with E-state index < -0.39 is 24.3 Å². The molecule has 0 aliphatic carbocycles. The molecule has 13 heteroatoms. The molecule has 3 aromatic carbocycles. The number of hydrogen-bond donors (Lipinski definition) is 3. The fourth-order valence-corrected chi connectivity index (χ4v) is 7.47. The molecule has 3 aliphatic heterocycles. The van der Waals surface area contributed by atoms with Gasteiger partial charge in [-0.25, -0.2) is 14.6 Å². The Kier molecular flexibility index (Phi) is 13.8. The molecule has 7 rings (SSSR count). The number of nitrogens with one attached hydrogen (secondary N) is 3. The van der Waals surface area contributed by atoms with E-state index in [0.29, 0.717) is 25.1 Å². The van der Waals surface area contributed by atoms with Gasteiger partial charge >= 0.3 is 12.2 Å². The van der Waals surface area contributed by atoms with Crippen LogP contribution in [0.2, 0.25) is 0 Å². The highest BCUT2D eigenvalue weighted by atomic mass is 16.5. The van der Waals surface area contributed by atoms with Gasteiger partial charge in [0, 0.05) is 31.4 Å². The number of amides is 4. The molecular formula is C46H53N7O6. The molecule has 0 bridgehead atoms. The molecule has 1 aromatic heterocycles. The summed E-state index contributed by atoms with van der Waals surface area (Å²) in [7, 11) is 2.58. The number of imidazole rings is 1. The first kappa shape index (κ1) is 42.1. The lowest BCUT2D eigenvalue weighted by Crippen LogP contribution is -2.53. The van der Waals surface area contributed by atoms with Crippen LogP contribution in [0.5, 0.6) is 0 Å².